The zero-order valence-corrected chi connectivity index (χ0v) is 7.12. The smallest absolute Gasteiger partial charge is 0.328 e. The first-order chi connectivity index (χ1) is 6.22. The fourth-order valence-electron chi connectivity index (χ4n) is 0.819. The van der Waals surface area contributed by atoms with E-state index in [2.05, 4.69) is 5.10 Å². The van der Waals surface area contributed by atoms with Crippen molar-refractivity contribution in [3.63, 3.8) is 0 Å². The van der Waals surface area contributed by atoms with Gasteiger partial charge in [0, 0.05) is 18.2 Å². The predicted molar refractivity (Wildman–Crippen MR) is 46.7 cm³/mol. The van der Waals surface area contributed by atoms with Crippen LogP contribution < -0.4 is 0 Å². The fraction of sp³-hybridized carbons (Fsp3) is 0.250. The molecule has 0 aliphatic carbocycles. The van der Waals surface area contributed by atoms with Crippen LogP contribution in [0.2, 0.25) is 0 Å². The first-order valence-corrected chi connectivity index (χ1v) is 3.69. The van der Waals surface area contributed by atoms with Crippen molar-refractivity contribution in [1.29, 1.82) is 0 Å². The number of allylic oxidation sites excluding steroid dienone is 2. The molecule has 0 fully saturated rings. The van der Waals surface area contributed by atoms with Gasteiger partial charge in [-0.15, -0.1) is 5.17 Å². The summed E-state index contributed by atoms with van der Waals surface area (Å²) in [6, 6.07) is 0. The lowest BCUT2D eigenvalue weighted by molar-refractivity contribution is -0.131. The van der Waals surface area contributed by atoms with E-state index in [1.165, 1.54) is 18.4 Å². The summed E-state index contributed by atoms with van der Waals surface area (Å²) >= 11 is 0. The molecule has 0 spiro atoms. The molecule has 5 heteroatoms. The average Bonchev–Trinajstić information content (AvgIpc) is 2.15. The minimum atomic E-state index is -0.962. The summed E-state index contributed by atoms with van der Waals surface area (Å²) in [5.74, 6) is -1.04. The van der Waals surface area contributed by atoms with Crippen molar-refractivity contribution in [3.8, 4) is 0 Å². The van der Waals surface area contributed by atoms with E-state index in [9.17, 15) is 4.79 Å². The molecule has 1 aliphatic heterocycles. The summed E-state index contributed by atoms with van der Waals surface area (Å²) in [6.45, 7) is 0. The van der Waals surface area contributed by atoms with Gasteiger partial charge < -0.3 is 5.11 Å². The fourth-order valence-corrected chi connectivity index (χ4v) is 0.819. The van der Waals surface area contributed by atoms with Gasteiger partial charge in [-0.2, -0.15) is 5.10 Å². The van der Waals surface area contributed by atoms with Crippen molar-refractivity contribution in [1.82, 2.24) is 5.17 Å². The molecule has 5 nitrogen and oxygen atoms in total. The Bertz CT molecular complexity index is 257. The zero-order chi connectivity index (χ0) is 9.68. The Kier molecular flexibility index (Phi) is 3.22. The second-order valence-electron chi connectivity index (χ2n) is 2.37. The Morgan fingerprint density at radius 3 is 3.00 bits per heavy atom. The van der Waals surface area contributed by atoms with Gasteiger partial charge in [-0.05, 0) is 0 Å². The molecule has 1 heterocycles. The number of carboxylic acids is 1. The molecule has 0 radical (unpaired) electrons. The van der Waals surface area contributed by atoms with Crippen LogP contribution in [0.3, 0.4) is 0 Å². The molecule has 13 heavy (non-hydrogen) atoms. The van der Waals surface area contributed by atoms with Gasteiger partial charge in [-0.1, -0.05) is 12.2 Å². The second-order valence-corrected chi connectivity index (χ2v) is 2.37. The lowest BCUT2D eigenvalue weighted by atomic mass is 10.1. The number of hydroxylamine groups is 1. The van der Waals surface area contributed by atoms with Crippen LogP contribution in [0, 0.1) is 5.92 Å². The van der Waals surface area contributed by atoms with Gasteiger partial charge in [-0.3, -0.25) is 4.84 Å². The molecule has 0 bridgehead atoms. The van der Waals surface area contributed by atoms with Crippen LogP contribution in [-0.4, -0.2) is 29.6 Å². The largest absolute Gasteiger partial charge is 0.478 e. The van der Waals surface area contributed by atoms with E-state index in [-0.39, 0.29) is 5.92 Å². The van der Waals surface area contributed by atoms with Gasteiger partial charge in [0.2, 0.25) is 0 Å². The monoisotopic (exact) mass is 182 g/mol. The maximum Gasteiger partial charge on any atom is 0.328 e. The highest BCUT2D eigenvalue weighted by Gasteiger charge is 2.04. The molecule has 1 unspecified atom stereocenters. The van der Waals surface area contributed by atoms with E-state index in [1.54, 1.807) is 18.5 Å². The second kappa shape index (κ2) is 4.42. The minimum Gasteiger partial charge on any atom is -0.478 e. The maximum absolute atomic E-state index is 10.2. The van der Waals surface area contributed by atoms with Gasteiger partial charge in [-0.25, -0.2) is 4.79 Å². The number of aliphatic carboxylic acids is 1. The third-order valence-electron chi connectivity index (χ3n) is 1.44. The molecule has 1 N–H and O–H groups in total. The van der Waals surface area contributed by atoms with Crippen LogP contribution >= 0.6 is 0 Å². The third-order valence-corrected chi connectivity index (χ3v) is 1.44. The third kappa shape index (κ3) is 3.08. The summed E-state index contributed by atoms with van der Waals surface area (Å²) in [6.07, 6.45) is 7.61. The van der Waals surface area contributed by atoms with E-state index in [4.69, 9.17) is 9.94 Å². The van der Waals surface area contributed by atoms with E-state index in [1.807, 2.05) is 0 Å². The zero-order valence-electron chi connectivity index (χ0n) is 7.12. The normalized spacial score (nSPS) is 21.3. The number of hydrazone groups is 1. The number of carbonyl (C=O) groups is 1. The highest BCUT2D eigenvalue weighted by molar-refractivity contribution is 5.81. The van der Waals surface area contributed by atoms with E-state index >= 15 is 0 Å². The SMILES string of the molecule is CON1C=CC(C=CC(=O)O)C=N1. The van der Waals surface area contributed by atoms with Crippen molar-refractivity contribution < 1.29 is 14.7 Å². The number of hydrogen-bond acceptors (Lipinski definition) is 4. The predicted octanol–water partition coefficient (Wildman–Crippen LogP) is 0.620. The van der Waals surface area contributed by atoms with Crippen LogP contribution in [0.25, 0.3) is 0 Å². The molecule has 0 saturated heterocycles. The van der Waals surface area contributed by atoms with Gasteiger partial charge in [0.1, 0.15) is 0 Å². The van der Waals surface area contributed by atoms with Gasteiger partial charge >= 0.3 is 5.97 Å². The Morgan fingerprint density at radius 2 is 2.54 bits per heavy atom. The van der Waals surface area contributed by atoms with Crippen LogP contribution in [0.4, 0.5) is 0 Å². The first-order valence-electron chi connectivity index (χ1n) is 3.69. The number of rotatable bonds is 3. The summed E-state index contributed by atoms with van der Waals surface area (Å²) in [7, 11) is 1.50. The molecule has 0 aromatic rings. The van der Waals surface area contributed by atoms with Gasteiger partial charge in [0.15, 0.2) is 0 Å². The molecule has 0 amide bonds. The molecule has 0 aromatic carbocycles. The van der Waals surface area contributed by atoms with Crippen LogP contribution in [0.5, 0.6) is 0 Å². The maximum atomic E-state index is 10.2. The van der Waals surface area contributed by atoms with Crippen molar-refractivity contribution in [2.24, 2.45) is 11.0 Å². The number of hydrogen-bond donors (Lipinski definition) is 1. The van der Waals surface area contributed by atoms with Crippen LogP contribution in [-0.2, 0) is 9.63 Å². The van der Waals surface area contributed by atoms with Crippen LogP contribution in [0.1, 0.15) is 0 Å². The lowest BCUT2D eigenvalue weighted by Crippen LogP contribution is -2.14. The quantitative estimate of drug-likeness (QED) is 0.650. The van der Waals surface area contributed by atoms with Crippen molar-refractivity contribution in [3.05, 3.63) is 24.4 Å². The Morgan fingerprint density at radius 1 is 1.77 bits per heavy atom. The summed E-state index contributed by atoms with van der Waals surface area (Å²) in [5.41, 5.74) is 0. The Hall–Kier alpha value is -1.62. The molecule has 1 aliphatic rings. The molecular formula is C8H10N2O3. The highest BCUT2D eigenvalue weighted by Crippen LogP contribution is 2.06. The van der Waals surface area contributed by atoms with Crippen LogP contribution in [0.15, 0.2) is 29.5 Å². The van der Waals surface area contributed by atoms with Crippen molar-refractivity contribution in [2.45, 2.75) is 0 Å². The summed E-state index contributed by atoms with van der Waals surface area (Å²) < 4.78 is 0. The number of nitrogens with zero attached hydrogens (tertiary/aromatic N) is 2. The summed E-state index contributed by atoms with van der Waals surface area (Å²) in [5, 5.41) is 13.5. The topological polar surface area (TPSA) is 62.1 Å². The summed E-state index contributed by atoms with van der Waals surface area (Å²) in [4.78, 5) is 14.9. The van der Waals surface area contributed by atoms with E-state index < -0.39 is 5.97 Å². The molecule has 1 rings (SSSR count). The van der Waals surface area contributed by atoms with Gasteiger partial charge in [0.05, 0.1) is 13.3 Å². The molecule has 1 atom stereocenters. The lowest BCUT2D eigenvalue weighted by Gasteiger charge is -2.15. The molecule has 0 saturated carbocycles. The standard InChI is InChI=1S/C8H10N2O3/c1-13-10-5-4-7(6-9-10)2-3-8(11)12/h2-7H,1H3,(H,11,12). The molecular weight excluding hydrogens is 172 g/mol. The van der Waals surface area contributed by atoms with Gasteiger partial charge in [0.25, 0.3) is 0 Å². The number of carboxylic acid groups (broad SMARTS) is 1. The van der Waals surface area contributed by atoms with Crippen molar-refractivity contribution in [2.75, 3.05) is 7.11 Å². The Labute approximate surface area is 75.6 Å². The van der Waals surface area contributed by atoms with E-state index in [0.29, 0.717) is 0 Å². The molecule has 70 valence electrons. The Balaban J connectivity index is 2.49. The highest BCUT2D eigenvalue weighted by atomic mass is 16.7. The average molecular weight is 182 g/mol. The molecule has 0 aromatic heterocycles. The first kappa shape index (κ1) is 9.47. The minimum absolute atomic E-state index is 0.0810. The van der Waals surface area contributed by atoms with E-state index in [0.717, 1.165) is 6.08 Å². The van der Waals surface area contributed by atoms with Crippen molar-refractivity contribution >= 4 is 12.2 Å².